The zero-order valence-electron chi connectivity index (χ0n) is 12.4. The number of hydrogen-bond acceptors (Lipinski definition) is 4. The number of likely N-dealkylation sites (tertiary alicyclic amines) is 1. The second-order valence-corrected chi connectivity index (χ2v) is 7.43. The van der Waals surface area contributed by atoms with Crippen molar-refractivity contribution in [3.63, 3.8) is 0 Å². The third-order valence-electron chi connectivity index (χ3n) is 3.82. The number of pyridine rings is 1. The second kappa shape index (κ2) is 6.53. The van der Waals surface area contributed by atoms with E-state index in [4.69, 9.17) is 0 Å². The predicted octanol–water partition coefficient (Wildman–Crippen LogP) is 1.10. The van der Waals surface area contributed by atoms with Crippen LogP contribution in [0, 0.1) is 0 Å². The Balaban J connectivity index is 2.07. The lowest BCUT2D eigenvalue weighted by molar-refractivity contribution is -0.134. The molecule has 0 radical (unpaired) electrons. The van der Waals surface area contributed by atoms with Crippen LogP contribution in [0.4, 0.5) is 0 Å². The number of sulfonamides is 1. The maximum atomic E-state index is 12.3. The maximum Gasteiger partial charge on any atom is 0.244 e. The average molecular weight is 311 g/mol. The number of aromatic nitrogens is 1. The minimum atomic E-state index is -3.67. The van der Waals surface area contributed by atoms with E-state index < -0.39 is 10.0 Å². The summed E-state index contributed by atoms with van der Waals surface area (Å²) in [6.07, 6.45) is 5.88. The third-order valence-corrected chi connectivity index (χ3v) is 5.61. The van der Waals surface area contributed by atoms with Gasteiger partial charge in [0.15, 0.2) is 0 Å². The normalized spacial score (nSPS) is 19.8. The summed E-state index contributed by atoms with van der Waals surface area (Å²) < 4.78 is 25.8. The van der Waals surface area contributed by atoms with Crippen molar-refractivity contribution in [2.75, 3.05) is 20.1 Å². The van der Waals surface area contributed by atoms with E-state index in [0.717, 1.165) is 23.6 Å². The van der Waals surface area contributed by atoms with Crippen LogP contribution in [-0.4, -0.2) is 54.7 Å². The van der Waals surface area contributed by atoms with Crippen LogP contribution in [0.3, 0.4) is 0 Å². The summed E-state index contributed by atoms with van der Waals surface area (Å²) in [5.41, 5.74) is 0. The highest BCUT2D eigenvalue weighted by molar-refractivity contribution is 7.89. The van der Waals surface area contributed by atoms with E-state index in [-0.39, 0.29) is 23.4 Å². The summed E-state index contributed by atoms with van der Waals surface area (Å²) in [4.78, 5) is 18.0. The Labute approximate surface area is 125 Å². The molecule has 6 nitrogen and oxygen atoms in total. The number of rotatable bonds is 4. The van der Waals surface area contributed by atoms with Crippen molar-refractivity contribution in [3.05, 3.63) is 24.5 Å². The van der Waals surface area contributed by atoms with Crippen LogP contribution in [0.5, 0.6) is 0 Å². The topological polar surface area (TPSA) is 70.6 Å². The summed E-state index contributed by atoms with van der Waals surface area (Å²) in [7, 11) is -2.24. The number of hydrogen-bond donors (Lipinski definition) is 0. The molecule has 0 saturated carbocycles. The third kappa shape index (κ3) is 3.59. The first-order valence-electron chi connectivity index (χ1n) is 7.09. The first kappa shape index (κ1) is 15.9. The van der Waals surface area contributed by atoms with Crippen LogP contribution in [0.15, 0.2) is 29.4 Å². The molecule has 7 heteroatoms. The molecule has 1 saturated heterocycles. The zero-order chi connectivity index (χ0) is 15.5. The lowest BCUT2D eigenvalue weighted by Gasteiger charge is -2.34. The van der Waals surface area contributed by atoms with Gasteiger partial charge >= 0.3 is 0 Å². The maximum absolute atomic E-state index is 12.3. The smallest absolute Gasteiger partial charge is 0.244 e. The number of likely N-dealkylation sites (N-methyl/N-ethyl adjacent to an activating group) is 1. The van der Waals surface area contributed by atoms with Gasteiger partial charge in [0.2, 0.25) is 15.9 Å². The summed E-state index contributed by atoms with van der Waals surface area (Å²) in [5.74, 6) is -0.142. The molecule has 1 amide bonds. The zero-order valence-corrected chi connectivity index (χ0v) is 13.2. The molecule has 0 aliphatic carbocycles. The first-order chi connectivity index (χ1) is 9.93. The highest BCUT2D eigenvalue weighted by Gasteiger charge is 2.28. The van der Waals surface area contributed by atoms with Gasteiger partial charge in [-0.2, -0.15) is 4.31 Å². The van der Waals surface area contributed by atoms with E-state index in [0.29, 0.717) is 6.54 Å². The molecule has 2 heterocycles. The Kier molecular flexibility index (Phi) is 4.95. The Morgan fingerprint density at radius 3 is 2.86 bits per heavy atom. The first-order valence-corrected chi connectivity index (χ1v) is 8.53. The molecule has 21 heavy (non-hydrogen) atoms. The van der Waals surface area contributed by atoms with Gasteiger partial charge in [-0.15, -0.1) is 0 Å². The number of nitrogens with zero attached hydrogens (tertiary/aromatic N) is 3. The van der Waals surface area contributed by atoms with Crippen LogP contribution in [0.25, 0.3) is 0 Å². The summed E-state index contributed by atoms with van der Waals surface area (Å²) >= 11 is 0. The van der Waals surface area contributed by atoms with Crippen LogP contribution in [0.2, 0.25) is 0 Å². The number of carbonyl (C=O) groups excluding carboxylic acids is 1. The van der Waals surface area contributed by atoms with Crippen molar-refractivity contribution in [1.82, 2.24) is 14.2 Å². The second-order valence-electron chi connectivity index (χ2n) is 5.38. The Hall–Kier alpha value is -1.47. The van der Waals surface area contributed by atoms with Gasteiger partial charge in [-0.3, -0.25) is 9.78 Å². The number of piperidine rings is 1. The van der Waals surface area contributed by atoms with Crippen LogP contribution in [-0.2, 0) is 14.8 Å². The van der Waals surface area contributed by atoms with Gasteiger partial charge in [0.05, 0.1) is 6.54 Å². The largest absolute Gasteiger partial charge is 0.339 e. The van der Waals surface area contributed by atoms with E-state index >= 15 is 0 Å². The summed E-state index contributed by atoms with van der Waals surface area (Å²) in [5, 5.41) is 0. The van der Waals surface area contributed by atoms with Crippen molar-refractivity contribution >= 4 is 15.9 Å². The molecular weight excluding hydrogens is 290 g/mol. The fourth-order valence-electron chi connectivity index (χ4n) is 2.51. The predicted molar refractivity (Wildman–Crippen MR) is 79.1 cm³/mol. The quantitative estimate of drug-likeness (QED) is 0.835. The number of carbonyl (C=O) groups is 1. The molecule has 0 bridgehead atoms. The van der Waals surface area contributed by atoms with Gasteiger partial charge < -0.3 is 4.90 Å². The van der Waals surface area contributed by atoms with Crippen LogP contribution >= 0.6 is 0 Å². The Morgan fingerprint density at radius 2 is 2.24 bits per heavy atom. The monoisotopic (exact) mass is 311 g/mol. The standard InChI is InChI=1S/C14H21N3O3S/c1-12-6-3-4-9-17(12)14(18)11-16(2)21(19,20)13-7-5-8-15-10-13/h5,7-8,10,12H,3-4,6,9,11H2,1-2H3/t12-/m0/s1. The molecule has 1 aliphatic rings. The van der Waals surface area contributed by atoms with Crippen molar-refractivity contribution in [1.29, 1.82) is 0 Å². The Morgan fingerprint density at radius 1 is 1.48 bits per heavy atom. The fourth-order valence-corrected chi connectivity index (χ4v) is 3.60. The highest BCUT2D eigenvalue weighted by atomic mass is 32.2. The minimum absolute atomic E-state index is 0.104. The Bertz CT molecular complexity index is 589. The van der Waals surface area contributed by atoms with Crippen LogP contribution in [0.1, 0.15) is 26.2 Å². The highest BCUT2D eigenvalue weighted by Crippen LogP contribution is 2.18. The molecule has 0 spiro atoms. The van der Waals surface area contributed by atoms with Gasteiger partial charge in [0.25, 0.3) is 0 Å². The van der Waals surface area contributed by atoms with Crippen molar-refractivity contribution in [3.8, 4) is 0 Å². The summed E-state index contributed by atoms with van der Waals surface area (Å²) in [6, 6.07) is 3.22. The lowest BCUT2D eigenvalue weighted by atomic mass is 10.0. The lowest BCUT2D eigenvalue weighted by Crippen LogP contribution is -2.47. The van der Waals surface area contributed by atoms with Crippen LogP contribution < -0.4 is 0 Å². The van der Waals surface area contributed by atoms with Gasteiger partial charge in [-0.05, 0) is 38.3 Å². The van der Waals surface area contributed by atoms with E-state index in [1.807, 2.05) is 6.92 Å². The molecule has 0 N–H and O–H groups in total. The SMILES string of the molecule is C[C@H]1CCCCN1C(=O)CN(C)S(=O)(=O)c1cccnc1. The molecule has 0 aromatic carbocycles. The molecule has 1 aromatic heterocycles. The van der Waals surface area contributed by atoms with Crippen molar-refractivity contribution < 1.29 is 13.2 Å². The molecule has 1 aromatic rings. The van der Waals surface area contributed by atoms with Gasteiger partial charge in [-0.25, -0.2) is 8.42 Å². The minimum Gasteiger partial charge on any atom is -0.339 e. The molecule has 2 rings (SSSR count). The molecule has 1 fully saturated rings. The van der Waals surface area contributed by atoms with Crippen molar-refractivity contribution in [2.45, 2.75) is 37.1 Å². The van der Waals surface area contributed by atoms with Crippen molar-refractivity contribution in [2.24, 2.45) is 0 Å². The number of amides is 1. The molecular formula is C14H21N3O3S. The molecule has 116 valence electrons. The van der Waals surface area contributed by atoms with E-state index in [1.54, 1.807) is 11.0 Å². The molecule has 1 aliphatic heterocycles. The van der Waals surface area contributed by atoms with Gasteiger partial charge in [0.1, 0.15) is 4.90 Å². The van der Waals surface area contributed by atoms with E-state index in [1.165, 1.54) is 25.5 Å². The fraction of sp³-hybridized carbons (Fsp3) is 0.571. The summed E-state index contributed by atoms with van der Waals surface area (Å²) in [6.45, 7) is 2.58. The van der Waals surface area contributed by atoms with E-state index in [2.05, 4.69) is 4.98 Å². The van der Waals surface area contributed by atoms with Gasteiger partial charge in [0, 0.05) is 32.0 Å². The van der Waals surface area contributed by atoms with E-state index in [9.17, 15) is 13.2 Å². The molecule has 0 unspecified atom stereocenters. The average Bonchev–Trinajstić information content (AvgIpc) is 2.48. The molecule has 1 atom stereocenters. The van der Waals surface area contributed by atoms with Gasteiger partial charge in [-0.1, -0.05) is 0 Å².